The summed E-state index contributed by atoms with van der Waals surface area (Å²) < 4.78 is 13.4. The molecular weight excluding hydrogens is 223 g/mol. The van der Waals surface area contributed by atoms with Gasteiger partial charge in [-0.25, -0.2) is 4.39 Å². The van der Waals surface area contributed by atoms with Gasteiger partial charge in [0, 0.05) is 6.20 Å². The molecule has 17 heavy (non-hydrogen) atoms. The topological polar surface area (TPSA) is 81.6 Å². The lowest BCUT2D eigenvalue weighted by Gasteiger charge is -2.04. The van der Waals surface area contributed by atoms with Crippen LogP contribution >= 0.6 is 0 Å². The van der Waals surface area contributed by atoms with E-state index >= 15 is 0 Å². The fourth-order valence-electron chi connectivity index (χ4n) is 1.26. The number of rotatable bonds is 2. The summed E-state index contributed by atoms with van der Waals surface area (Å²) in [6, 6.07) is 5.63. The number of anilines is 1. The lowest BCUT2D eigenvalue weighted by atomic mass is 10.2. The number of aromatic amines is 1. The van der Waals surface area contributed by atoms with Gasteiger partial charge < -0.3 is 5.32 Å². The van der Waals surface area contributed by atoms with Crippen LogP contribution < -0.4 is 5.32 Å². The van der Waals surface area contributed by atoms with Gasteiger partial charge in [-0.1, -0.05) is 0 Å². The van der Waals surface area contributed by atoms with E-state index < -0.39 is 11.7 Å². The number of carbonyl (C=O) groups excluding carboxylic acids is 1. The van der Waals surface area contributed by atoms with Crippen molar-refractivity contribution in [3.05, 3.63) is 47.5 Å². The third kappa shape index (κ3) is 2.29. The van der Waals surface area contributed by atoms with E-state index in [4.69, 9.17) is 5.26 Å². The fraction of sp³-hybridized carbons (Fsp3) is 0. The van der Waals surface area contributed by atoms with Crippen LogP contribution in [0.5, 0.6) is 0 Å². The third-order valence-electron chi connectivity index (χ3n) is 2.11. The van der Waals surface area contributed by atoms with E-state index in [1.165, 1.54) is 24.5 Å². The lowest BCUT2D eigenvalue weighted by molar-refractivity contribution is 0.102. The van der Waals surface area contributed by atoms with Crippen LogP contribution in [0.15, 0.2) is 30.6 Å². The molecule has 0 aliphatic carbocycles. The Balaban J connectivity index is 2.20. The SMILES string of the molecule is N#Cc1ccc(NC(=O)c2cn[nH]c2)c(F)c1. The van der Waals surface area contributed by atoms with E-state index in [2.05, 4.69) is 15.5 Å². The van der Waals surface area contributed by atoms with E-state index in [9.17, 15) is 9.18 Å². The minimum absolute atomic E-state index is 0.0233. The van der Waals surface area contributed by atoms with Crippen molar-refractivity contribution >= 4 is 11.6 Å². The summed E-state index contributed by atoms with van der Waals surface area (Å²) in [5.41, 5.74) is 0.521. The Morgan fingerprint density at radius 1 is 1.53 bits per heavy atom. The molecule has 5 nitrogen and oxygen atoms in total. The number of hydrogen-bond donors (Lipinski definition) is 2. The van der Waals surface area contributed by atoms with Crippen molar-refractivity contribution in [2.24, 2.45) is 0 Å². The highest BCUT2D eigenvalue weighted by atomic mass is 19.1. The van der Waals surface area contributed by atoms with Gasteiger partial charge in [0.2, 0.25) is 0 Å². The summed E-state index contributed by atoms with van der Waals surface area (Å²) in [6.07, 6.45) is 2.73. The van der Waals surface area contributed by atoms with Crippen LogP contribution in [0.2, 0.25) is 0 Å². The van der Waals surface area contributed by atoms with Gasteiger partial charge in [-0.15, -0.1) is 0 Å². The van der Waals surface area contributed by atoms with Crippen molar-refractivity contribution in [3.63, 3.8) is 0 Å². The predicted octanol–water partition coefficient (Wildman–Crippen LogP) is 1.67. The Morgan fingerprint density at radius 3 is 2.94 bits per heavy atom. The fourth-order valence-corrected chi connectivity index (χ4v) is 1.26. The van der Waals surface area contributed by atoms with E-state index in [1.54, 1.807) is 0 Å². The molecule has 2 rings (SSSR count). The molecule has 0 fully saturated rings. The zero-order chi connectivity index (χ0) is 12.3. The lowest BCUT2D eigenvalue weighted by Crippen LogP contribution is -2.12. The minimum atomic E-state index is -0.652. The minimum Gasteiger partial charge on any atom is -0.319 e. The van der Waals surface area contributed by atoms with E-state index in [0.717, 1.165) is 6.07 Å². The first-order valence-electron chi connectivity index (χ1n) is 4.70. The largest absolute Gasteiger partial charge is 0.319 e. The highest BCUT2D eigenvalue weighted by Gasteiger charge is 2.10. The molecule has 1 amide bonds. The van der Waals surface area contributed by atoms with Crippen LogP contribution in [0.3, 0.4) is 0 Å². The third-order valence-corrected chi connectivity index (χ3v) is 2.11. The second-order valence-corrected chi connectivity index (χ2v) is 3.25. The van der Waals surface area contributed by atoms with Crippen LogP contribution in [0.1, 0.15) is 15.9 Å². The molecule has 0 saturated heterocycles. The number of nitrogens with one attached hydrogen (secondary N) is 2. The molecule has 1 heterocycles. The van der Waals surface area contributed by atoms with E-state index in [0.29, 0.717) is 5.56 Å². The molecule has 0 atom stereocenters. The first-order chi connectivity index (χ1) is 8.20. The molecule has 2 N–H and O–H groups in total. The predicted molar refractivity (Wildman–Crippen MR) is 57.7 cm³/mol. The molecule has 1 aromatic carbocycles. The molecule has 0 aliphatic rings. The van der Waals surface area contributed by atoms with Crippen LogP contribution in [-0.4, -0.2) is 16.1 Å². The van der Waals surface area contributed by atoms with Crippen LogP contribution in [-0.2, 0) is 0 Å². The molecule has 2 aromatic rings. The zero-order valence-corrected chi connectivity index (χ0v) is 8.57. The van der Waals surface area contributed by atoms with Gasteiger partial charge in [-0.2, -0.15) is 10.4 Å². The van der Waals surface area contributed by atoms with E-state index in [1.807, 2.05) is 6.07 Å². The molecule has 0 aliphatic heterocycles. The Bertz CT molecular complexity index is 586. The highest BCUT2D eigenvalue weighted by molar-refractivity contribution is 6.03. The van der Waals surface area contributed by atoms with Gasteiger partial charge in [0.25, 0.3) is 5.91 Å². The molecule has 1 aromatic heterocycles. The Morgan fingerprint density at radius 2 is 2.35 bits per heavy atom. The quantitative estimate of drug-likeness (QED) is 0.823. The summed E-state index contributed by atoms with van der Waals surface area (Å²) in [7, 11) is 0. The Labute approximate surface area is 95.9 Å². The van der Waals surface area contributed by atoms with Gasteiger partial charge in [-0.3, -0.25) is 9.89 Å². The van der Waals surface area contributed by atoms with Crippen molar-refractivity contribution in [1.82, 2.24) is 10.2 Å². The molecule has 0 saturated carbocycles. The van der Waals surface area contributed by atoms with Crippen LogP contribution in [0, 0.1) is 17.1 Å². The Kier molecular flexibility index (Phi) is 2.83. The average molecular weight is 230 g/mol. The monoisotopic (exact) mass is 230 g/mol. The van der Waals surface area contributed by atoms with Gasteiger partial charge in [0.15, 0.2) is 0 Å². The molecule has 0 radical (unpaired) electrons. The van der Waals surface area contributed by atoms with Crippen molar-refractivity contribution in [1.29, 1.82) is 5.26 Å². The summed E-state index contributed by atoms with van der Waals surface area (Å²) in [5, 5.41) is 17.0. The smallest absolute Gasteiger partial charge is 0.258 e. The van der Waals surface area contributed by atoms with Gasteiger partial charge in [0.05, 0.1) is 29.1 Å². The van der Waals surface area contributed by atoms with Crippen molar-refractivity contribution in [2.75, 3.05) is 5.32 Å². The molecule has 0 bridgehead atoms. The first kappa shape index (κ1) is 10.8. The summed E-state index contributed by atoms with van der Waals surface area (Å²) in [6.45, 7) is 0. The van der Waals surface area contributed by atoms with Crippen LogP contribution in [0.25, 0.3) is 0 Å². The first-order valence-corrected chi connectivity index (χ1v) is 4.70. The number of aromatic nitrogens is 2. The molecule has 0 spiro atoms. The maximum atomic E-state index is 13.4. The van der Waals surface area contributed by atoms with Crippen LogP contribution in [0.4, 0.5) is 10.1 Å². The molecule has 0 unspecified atom stereocenters. The maximum Gasteiger partial charge on any atom is 0.258 e. The normalized spacial score (nSPS) is 9.65. The number of nitriles is 1. The van der Waals surface area contributed by atoms with E-state index in [-0.39, 0.29) is 11.3 Å². The number of amides is 1. The maximum absolute atomic E-state index is 13.4. The van der Waals surface area contributed by atoms with Gasteiger partial charge in [0.1, 0.15) is 5.82 Å². The summed E-state index contributed by atoms with van der Waals surface area (Å²) >= 11 is 0. The van der Waals surface area contributed by atoms with Gasteiger partial charge in [-0.05, 0) is 18.2 Å². The number of H-pyrrole nitrogens is 1. The van der Waals surface area contributed by atoms with Crippen molar-refractivity contribution in [3.8, 4) is 6.07 Å². The second-order valence-electron chi connectivity index (χ2n) is 3.25. The summed E-state index contributed by atoms with van der Waals surface area (Å²) in [5.74, 6) is -1.12. The number of carbonyl (C=O) groups is 1. The van der Waals surface area contributed by atoms with Crippen molar-refractivity contribution < 1.29 is 9.18 Å². The number of benzene rings is 1. The molecule has 84 valence electrons. The second kappa shape index (κ2) is 4.45. The number of halogens is 1. The highest BCUT2D eigenvalue weighted by Crippen LogP contribution is 2.16. The molecular formula is C11H7FN4O. The molecule has 6 heteroatoms. The number of nitrogens with zero attached hydrogens (tertiary/aromatic N) is 2. The van der Waals surface area contributed by atoms with Crippen molar-refractivity contribution in [2.45, 2.75) is 0 Å². The Hall–Kier alpha value is -2.68. The summed E-state index contributed by atoms with van der Waals surface area (Å²) in [4.78, 5) is 11.6. The van der Waals surface area contributed by atoms with Gasteiger partial charge >= 0.3 is 0 Å². The zero-order valence-electron chi connectivity index (χ0n) is 8.57. The number of hydrogen-bond acceptors (Lipinski definition) is 3. The average Bonchev–Trinajstić information content (AvgIpc) is 2.85. The standard InChI is InChI=1S/C11H7FN4O/c12-9-3-7(4-13)1-2-10(9)16-11(17)8-5-14-15-6-8/h1-3,5-6H,(H,14,15)(H,16,17).